The molecule has 134 valence electrons. The number of halogens is 1. The molecule has 0 saturated heterocycles. The molecular weight excluding hydrogens is 343 g/mol. The lowest BCUT2D eigenvalue weighted by Crippen LogP contribution is -2.14. The van der Waals surface area contributed by atoms with Crippen LogP contribution in [0.25, 0.3) is 17.0 Å². The summed E-state index contributed by atoms with van der Waals surface area (Å²) in [4.78, 5) is 12.8. The molecule has 4 rings (SSSR count). The van der Waals surface area contributed by atoms with E-state index in [-0.39, 0.29) is 11.7 Å². The normalized spacial score (nSPS) is 10.9. The quantitative estimate of drug-likeness (QED) is 0.589. The SMILES string of the molecule is CCc1ccccc1NC(=O)c1cccn2c(-c3ccc(F)cc3)nnc12. The van der Waals surface area contributed by atoms with Crippen molar-refractivity contribution < 1.29 is 9.18 Å². The van der Waals surface area contributed by atoms with E-state index < -0.39 is 0 Å². The largest absolute Gasteiger partial charge is 0.322 e. The maximum absolute atomic E-state index is 13.2. The molecule has 0 aliphatic carbocycles. The highest BCUT2D eigenvalue weighted by atomic mass is 19.1. The van der Waals surface area contributed by atoms with Crippen LogP contribution < -0.4 is 5.32 Å². The van der Waals surface area contributed by atoms with Gasteiger partial charge in [0.1, 0.15) is 5.82 Å². The Labute approximate surface area is 155 Å². The summed E-state index contributed by atoms with van der Waals surface area (Å²) in [6.07, 6.45) is 2.60. The first-order chi connectivity index (χ1) is 13.2. The van der Waals surface area contributed by atoms with Crippen molar-refractivity contribution in [3.05, 3.63) is 83.8 Å². The summed E-state index contributed by atoms with van der Waals surface area (Å²) in [6, 6.07) is 17.2. The van der Waals surface area contributed by atoms with E-state index in [4.69, 9.17) is 0 Å². The molecule has 0 saturated carbocycles. The smallest absolute Gasteiger partial charge is 0.259 e. The van der Waals surface area contributed by atoms with Crippen LogP contribution in [0.2, 0.25) is 0 Å². The molecule has 1 N–H and O–H groups in total. The number of carbonyl (C=O) groups excluding carboxylic acids is 1. The van der Waals surface area contributed by atoms with Crippen molar-refractivity contribution in [2.45, 2.75) is 13.3 Å². The zero-order valence-electron chi connectivity index (χ0n) is 14.7. The Morgan fingerprint density at radius 3 is 2.59 bits per heavy atom. The molecule has 6 heteroatoms. The van der Waals surface area contributed by atoms with Gasteiger partial charge in [0.2, 0.25) is 0 Å². The van der Waals surface area contributed by atoms with Crippen molar-refractivity contribution in [3.63, 3.8) is 0 Å². The molecule has 0 radical (unpaired) electrons. The molecule has 0 spiro atoms. The number of anilines is 1. The van der Waals surface area contributed by atoms with E-state index in [0.717, 1.165) is 23.2 Å². The minimum atomic E-state index is -0.317. The van der Waals surface area contributed by atoms with Gasteiger partial charge in [0.25, 0.3) is 5.91 Å². The molecular formula is C21H17FN4O. The Morgan fingerprint density at radius 1 is 1.04 bits per heavy atom. The van der Waals surface area contributed by atoms with Crippen molar-refractivity contribution in [2.75, 3.05) is 5.32 Å². The maximum Gasteiger partial charge on any atom is 0.259 e. The van der Waals surface area contributed by atoms with Crippen molar-refractivity contribution in [3.8, 4) is 11.4 Å². The molecule has 4 aromatic rings. The summed E-state index contributed by atoms with van der Waals surface area (Å²) in [5, 5.41) is 11.3. The van der Waals surface area contributed by atoms with E-state index in [1.165, 1.54) is 12.1 Å². The van der Waals surface area contributed by atoms with E-state index in [1.54, 1.807) is 34.9 Å². The highest BCUT2D eigenvalue weighted by molar-refractivity contribution is 6.08. The average Bonchev–Trinajstić information content (AvgIpc) is 3.13. The third-order valence-electron chi connectivity index (χ3n) is 4.43. The molecule has 2 aromatic heterocycles. The standard InChI is InChI=1S/C21H17FN4O/c1-2-14-6-3-4-8-18(14)23-21(27)17-7-5-13-26-19(24-25-20(17)26)15-9-11-16(22)12-10-15/h3-13H,2H2,1H3,(H,23,27). The van der Waals surface area contributed by atoms with Crippen LogP contribution in [0.5, 0.6) is 0 Å². The van der Waals surface area contributed by atoms with E-state index in [0.29, 0.717) is 17.0 Å². The number of nitrogens with one attached hydrogen (secondary N) is 1. The van der Waals surface area contributed by atoms with E-state index in [1.807, 2.05) is 31.2 Å². The number of nitrogens with zero attached hydrogens (tertiary/aromatic N) is 3. The molecule has 2 heterocycles. The molecule has 27 heavy (non-hydrogen) atoms. The van der Waals surface area contributed by atoms with Gasteiger partial charge in [-0.05, 0) is 54.4 Å². The summed E-state index contributed by atoms with van der Waals surface area (Å²) in [7, 11) is 0. The fraction of sp³-hybridized carbons (Fsp3) is 0.0952. The summed E-state index contributed by atoms with van der Waals surface area (Å²) in [5.41, 5.74) is 3.43. The third-order valence-corrected chi connectivity index (χ3v) is 4.43. The number of fused-ring (bicyclic) bond motifs is 1. The van der Waals surface area contributed by atoms with Crippen LogP contribution >= 0.6 is 0 Å². The number of hydrogen-bond acceptors (Lipinski definition) is 3. The first-order valence-corrected chi connectivity index (χ1v) is 8.66. The summed E-state index contributed by atoms with van der Waals surface area (Å²) < 4.78 is 14.9. The molecule has 0 unspecified atom stereocenters. The molecule has 0 fully saturated rings. The predicted molar refractivity (Wildman–Crippen MR) is 102 cm³/mol. The van der Waals surface area contributed by atoms with Crippen LogP contribution in [0.4, 0.5) is 10.1 Å². The van der Waals surface area contributed by atoms with Crippen molar-refractivity contribution >= 4 is 17.2 Å². The molecule has 0 atom stereocenters. The molecule has 1 amide bonds. The molecule has 0 bridgehead atoms. The maximum atomic E-state index is 13.2. The lowest BCUT2D eigenvalue weighted by atomic mass is 10.1. The van der Waals surface area contributed by atoms with Crippen LogP contribution in [-0.4, -0.2) is 20.5 Å². The Bertz CT molecular complexity index is 1120. The minimum absolute atomic E-state index is 0.250. The first-order valence-electron chi connectivity index (χ1n) is 8.66. The van der Waals surface area contributed by atoms with Gasteiger partial charge >= 0.3 is 0 Å². The number of rotatable bonds is 4. The number of para-hydroxylation sites is 1. The Morgan fingerprint density at radius 2 is 1.81 bits per heavy atom. The lowest BCUT2D eigenvalue weighted by molar-refractivity contribution is 0.102. The molecule has 0 aliphatic heterocycles. The van der Waals surface area contributed by atoms with Gasteiger partial charge in [0.05, 0.1) is 5.56 Å². The van der Waals surface area contributed by atoms with Gasteiger partial charge in [-0.2, -0.15) is 0 Å². The van der Waals surface area contributed by atoms with Gasteiger partial charge in [-0.15, -0.1) is 10.2 Å². The van der Waals surface area contributed by atoms with E-state index in [2.05, 4.69) is 15.5 Å². The number of aryl methyl sites for hydroxylation is 1. The highest BCUT2D eigenvalue weighted by Gasteiger charge is 2.16. The summed E-state index contributed by atoms with van der Waals surface area (Å²) >= 11 is 0. The summed E-state index contributed by atoms with van der Waals surface area (Å²) in [5.74, 6) is -0.0182. The number of pyridine rings is 1. The van der Waals surface area contributed by atoms with Gasteiger partial charge < -0.3 is 5.32 Å². The number of benzene rings is 2. The van der Waals surface area contributed by atoms with Crippen LogP contribution in [0, 0.1) is 5.82 Å². The van der Waals surface area contributed by atoms with Crippen LogP contribution in [0.1, 0.15) is 22.8 Å². The van der Waals surface area contributed by atoms with E-state index >= 15 is 0 Å². The first kappa shape index (κ1) is 16.9. The number of carbonyl (C=O) groups is 1. The van der Waals surface area contributed by atoms with Gasteiger partial charge in [-0.1, -0.05) is 25.1 Å². The Kier molecular flexibility index (Phi) is 4.38. The lowest BCUT2D eigenvalue weighted by Gasteiger charge is -2.10. The average molecular weight is 360 g/mol. The summed E-state index contributed by atoms with van der Waals surface area (Å²) in [6.45, 7) is 2.04. The zero-order chi connectivity index (χ0) is 18.8. The molecule has 0 aliphatic rings. The van der Waals surface area contributed by atoms with Crippen LogP contribution in [0.15, 0.2) is 66.9 Å². The predicted octanol–water partition coefficient (Wildman–Crippen LogP) is 4.35. The van der Waals surface area contributed by atoms with Crippen molar-refractivity contribution in [1.82, 2.24) is 14.6 Å². The van der Waals surface area contributed by atoms with Gasteiger partial charge in [-0.3, -0.25) is 9.20 Å². The van der Waals surface area contributed by atoms with Gasteiger partial charge in [-0.25, -0.2) is 4.39 Å². The fourth-order valence-corrected chi connectivity index (χ4v) is 3.03. The van der Waals surface area contributed by atoms with Gasteiger partial charge in [0.15, 0.2) is 11.5 Å². The second kappa shape index (κ2) is 6.99. The Balaban J connectivity index is 1.72. The highest BCUT2D eigenvalue weighted by Crippen LogP contribution is 2.22. The van der Waals surface area contributed by atoms with Crippen molar-refractivity contribution in [2.24, 2.45) is 0 Å². The molecule has 5 nitrogen and oxygen atoms in total. The fourth-order valence-electron chi connectivity index (χ4n) is 3.03. The Hall–Kier alpha value is -3.54. The number of aromatic nitrogens is 3. The second-order valence-electron chi connectivity index (χ2n) is 6.11. The number of amides is 1. The van der Waals surface area contributed by atoms with Gasteiger partial charge in [0, 0.05) is 17.4 Å². The van der Waals surface area contributed by atoms with Crippen LogP contribution in [0.3, 0.4) is 0 Å². The topological polar surface area (TPSA) is 59.3 Å². The second-order valence-corrected chi connectivity index (χ2v) is 6.11. The van der Waals surface area contributed by atoms with Crippen LogP contribution in [-0.2, 0) is 6.42 Å². The number of hydrogen-bond donors (Lipinski definition) is 1. The monoisotopic (exact) mass is 360 g/mol. The minimum Gasteiger partial charge on any atom is -0.322 e. The van der Waals surface area contributed by atoms with E-state index in [9.17, 15) is 9.18 Å². The van der Waals surface area contributed by atoms with Crippen molar-refractivity contribution in [1.29, 1.82) is 0 Å². The molecule has 2 aromatic carbocycles. The third kappa shape index (κ3) is 3.17. The zero-order valence-corrected chi connectivity index (χ0v) is 14.7.